The van der Waals surface area contributed by atoms with Gasteiger partial charge in [0.1, 0.15) is 17.0 Å². The molecule has 0 saturated heterocycles. The smallest absolute Gasteiger partial charge is 0.110 e. The van der Waals surface area contributed by atoms with E-state index in [-0.39, 0.29) is 0 Å². The maximum absolute atomic E-state index is 8.30. The third-order valence-electron chi connectivity index (χ3n) is 0.839. The molecule has 1 aromatic heterocycles. The minimum absolute atomic E-state index is 0.566. The van der Waals surface area contributed by atoms with Crippen LogP contribution >= 0.6 is 11.3 Å². The van der Waals surface area contributed by atoms with Gasteiger partial charge in [-0.3, -0.25) is 0 Å². The highest BCUT2D eigenvalue weighted by Gasteiger charge is 1.94. The van der Waals surface area contributed by atoms with Crippen LogP contribution in [-0.2, 0) is 0 Å². The zero-order chi connectivity index (χ0) is 6.69. The molecule has 0 fully saturated rings. The molecule has 1 heterocycles. The van der Waals surface area contributed by atoms with Crippen molar-refractivity contribution in [2.24, 2.45) is 0 Å². The molecule has 2 nitrogen and oxygen atoms in total. The largest absolute Gasteiger partial charge is 0.192 e. The molecular formula is C6H2N2S. The molecule has 3 heteroatoms. The van der Waals surface area contributed by atoms with Crippen LogP contribution in [0.1, 0.15) is 10.4 Å². The zero-order valence-corrected chi connectivity index (χ0v) is 5.27. The Kier molecular flexibility index (Phi) is 1.48. The number of nitrogens with zero attached hydrogens (tertiary/aromatic N) is 2. The van der Waals surface area contributed by atoms with Gasteiger partial charge in [0.15, 0.2) is 0 Å². The lowest BCUT2D eigenvalue weighted by atomic mass is 10.3. The molecule has 0 unspecified atom stereocenters. The van der Waals surface area contributed by atoms with Crippen LogP contribution in [-0.4, -0.2) is 0 Å². The van der Waals surface area contributed by atoms with E-state index in [1.54, 1.807) is 11.4 Å². The molecule has 42 valence electrons. The summed E-state index contributed by atoms with van der Waals surface area (Å²) in [5.74, 6) is 0. The molecule has 0 aliphatic carbocycles. The fourth-order valence-electron chi connectivity index (χ4n) is 0.453. The Labute approximate surface area is 56.6 Å². The van der Waals surface area contributed by atoms with Crippen LogP contribution in [0.2, 0.25) is 0 Å². The van der Waals surface area contributed by atoms with E-state index in [4.69, 9.17) is 10.5 Å². The van der Waals surface area contributed by atoms with Gasteiger partial charge in [-0.2, -0.15) is 10.5 Å². The molecule has 0 radical (unpaired) electrons. The molecule has 0 N–H and O–H groups in total. The van der Waals surface area contributed by atoms with Crippen molar-refractivity contribution in [3.63, 3.8) is 0 Å². The van der Waals surface area contributed by atoms with E-state index in [9.17, 15) is 0 Å². The summed E-state index contributed by atoms with van der Waals surface area (Å²) < 4.78 is 0. The predicted molar refractivity (Wildman–Crippen MR) is 33.7 cm³/mol. The van der Waals surface area contributed by atoms with E-state index in [2.05, 4.69) is 0 Å². The Balaban J connectivity index is 3.08. The van der Waals surface area contributed by atoms with E-state index >= 15 is 0 Å². The SMILES string of the molecule is N#Cc1csc(C#N)c1. The fraction of sp³-hybridized carbons (Fsp3) is 0. The average Bonchev–Trinajstić information content (AvgIpc) is 2.34. The van der Waals surface area contributed by atoms with Gasteiger partial charge < -0.3 is 0 Å². The van der Waals surface area contributed by atoms with Gasteiger partial charge >= 0.3 is 0 Å². The lowest BCUT2D eigenvalue weighted by Gasteiger charge is -1.66. The molecule has 0 saturated carbocycles. The van der Waals surface area contributed by atoms with Crippen molar-refractivity contribution in [2.75, 3.05) is 0 Å². The van der Waals surface area contributed by atoms with Gasteiger partial charge in [0.05, 0.1) is 5.56 Å². The third kappa shape index (κ3) is 1.07. The van der Waals surface area contributed by atoms with Gasteiger partial charge in [-0.25, -0.2) is 0 Å². The first-order valence-corrected chi connectivity index (χ1v) is 3.13. The van der Waals surface area contributed by atoms with Gasteiger partial charge in [-0.15, -0.1) is 11.3 Å². The first-order valence-electron chi connectivity index (χ1n) is 2.25. The van der Waals surface area contributed by atoms with Gasteiger partial charge in [0.2, 0.25) is 0 Å². The van der Waals surface area contributed by atoms with Crippen molar-refractivity contribution < 1.29 is 0 Å². The minimum atomic E-state index is 0.566. The Hall–Kier alpha value is -1.32. The molecule has 1 aromatic rings. The van der Waals surface area contributed by atoms with Crippen LogP contribution in [0.4, 0.5) is 0 Å². The molecule has 0 amide bonds. The molecule has 0 aliphatic heterocycles. The summed E-state index contributed by atoms with van der Waals surface area (Å²) >= 11 is 1.29. The predicted octanol–water partition coefficient (Wildman–Crippen LogP) is 1.49. The third-order valence-corrected chi connectivity index (χ3v) is 1.67. The molecular weight excluding hydrogens is 132 g/mol. The van der Waals surface area contributed by atoms with Gasteiger partial charge in [0, 0.05) is 5.38 Å². The van der Waals surface area contributed by atoms with E-state index < -0.39 is 0 Å². The second-order valence-corrected chi connectivity index (χ2v) is 2.33. The topological polar surface area (TPSA) is 47.6 Å². The Bertz CT molecular complexity index is 258. The summed E-state index contributed by atoms with van der Waals surface area (Å²) in [7, 11) is 0. The van der Waals surface area contributed by atoms with Crippen LogP contribution in [0.15, 0.2) is 11.4 Å². The fourth-order valence-corrected chi connectivity index (χ4v) is 1.08. The quantitative estimate of drug-likeness (QED) is 0.539. The first kappa shape index (κ1) is 5.81. The Morgan fingerprint density at radius 3 is 2.44 bits per heavy atom. The highest BCUT2D eigenvalue weighted by Crippen LogP contribution is 2.11. The standard InChI is InChI=1S/C6H2N2S/c7-2-5-1-6(3-8)9-4-5/h1,4H. The van der Waals surface area contributed by atoms with Gasteiger partial charge in [-0.1, -0.05) is 0 Å². The molecule has 9 heavy (non-hydrogen) atoms. The normalized spacial score (nSPS) is 7.78. The number of nitriles is 2. The lowest BCUT2D eigenvalue weighted by Crippen LogP contribution is -1.59. The van der Waals surface area contributed by atoms with Crippen molar-refractivity contribution in [1.29, 1.82) is 10.5 Å². The second kappa shape index (κ2) is 2.30. The van der Waals surface area contributed by atoms with Gasteiger partial charge in [0.25, 0.3) is 0 Å². The van der Waals surface area contributed by atoms with Crippen LogP contribution in [0, 0.1) is 22.7 Å². The second-order valence-electron chi connectivity index (χ2n) is 1.42. The van der Waals surface area contributed by atoms with E-state index in [0.29, 0.717) is 10.4 Å². The average molecular weight is 134 g/mol. The number of hydrogen-bond donors (Lipinski definition) is 0. The van der Waals surface area contributed by atoms with Crippen molar-refractivity contribution in [3.8, 4) is 12.1 Å². The summed E-state index contributed by atoms with van der Waals surface area (Å²) in [5.41, 5.74) is 0.566. The van der Waals surface area contributed by atoms with E-state index in [0.717, 1.165) is 0 Å². The molecule has 1 rings (SSSR count). The van der Waals surface area contributed by atoms with Crippen molar-refractivity contribution in [1.82, 2.24) is 0 Å². The van der Waals surface area contributed by atoms with Crippen LogP contribution in [0.25, 0.3) is 0 Å². The molecule has 0 aliphatic rings. The minimum Gasteiger partial charge on any atom is -0.192 e. The number of hydrogen-bond acceptors (Lipinski definition) is 3. The summed E-state index contributed by atoms with van der Waals surface area (Å²) in [6.07, 6.45) is 0. The Morgan fingerprint density at radius 1 is 1.33 bits per heavy atom. The molecule has 0 bridgehead atoms. The maximum atomic E-state index is 8.30. The first-order chi connectivity index (χ1) is 4.36. The van der Waals surface area contributed by atoms with Crippen molar-refractivity contribution in [2.45, 2.75) is 0 Å². The van der Waals surface area contributed by atoms with E-state index in [1.807, 2.05) is 12.1 Å². The Morgan fingerprint density at radius 2 is 2.11 bits per heavy atom. The molecule has 0 atom stereocenters. The van der Waals surface area contributed by atoms with Crippen molar-refractivity contribution in [3.05, 3.63) is 21.9 Å². The molecule has 0 spiro atoms. The summed E-state index contributed by atoms with van der Waals surface area (Å²) in [6, 6.07) is 5.46. The van der Waals surface area contributed by atoms with Crippen LogP contribution in [0.3, 0.4) is 0 Å². The summed E-state index contributed by atoms with van der Waals surface area (Å²) in [4.78, 5) is 0.589. The summed E-state index contributed by atoms with van der Waals surface area (Å²) in [6.45, 7) is 0. The summed E-state index contributed by atoms with van der Waals surface area (Å²) in [5, 5.41) is 18.3. The highest BCUT2D eigenvalue weighted by molar-refractivity contribution is 7.10. The lowest BCUT2D eigenvalue weighted by molar-refractivity contribution is 1.50. The highest BCUT2D eigenvalue weighted by atomic mass is 32.1. The number of thiophene rings is 1. The zero-order valence-electron chi connectivity index (χ0n) is 4.46. The molecule has 0 aromatic carbocycles. The monoisotopic (exact) mass is 134 g/mol. The maximum Gasteiger partial charge on any atom is 0.110 e. The van der Waals surface area contributed by atoms with E-state index in [1.165, 1.54) is 11.3 Å². The van der Waals surface area contributed by atoms with Crippen LogP contribution < -0.4 is 0 Å². The number of rotatable bonds is 0. The van der Waals surface area contributed by atoms with Crippen LogP contribution in [0.5, 0.6) is 0 Å². The van der Waals surface area contributed by atoms with Gasteiger partial charge in [-0.05, 0) is 6.07 Å². The van der Waals surface area contributed by atoms with Crippen molar-refractivity contribution >= 4 is 11.3 Å².